The van der Waals surface area contributed by atoms with Crippen LogP contribution in [0.25, 0.3) is 5.69 Å². The standard InChI is InChI=1S/C16H25N5OS/c1-2-3-4-5-6-7-8-12-17-22-15-11-9-10-14(13-15)21-16(23)18-19-20-21/h9-11,13,17H,2-8,12H2,1H3,(H,18,20,23). The highest BCUT2D eigenvalue weighted by atomic mass is 32.1. The molecular formula is C16H25N5OS. The minimum absolute atomic E-state index is 0.387. The average Bonchev–Trinajstić information content (AvgIpc) is 3.00. The van der Waals surface area contributed by atoms with E-state index in [1.54, 1.807) is 4.68 Å². The average molecular weight is 335 g/mol. The summed E-state index contributed by atoms with van der Waals surface area (Å²) < 4.78 is 2.01. The first-order valence-electron chi connectivity index (χ1n) is 8.31. The van der Waals surface area contributed by atoms with E-state index >= 15 is 0 Å². The van der Waals surface area contributed by atoms with Gasteiger partial charge < -0.3 is 4.84 Å². The van der Waals surface area contributed by atoms with Gasteiger partial charge in [0.15, 0.2) is 0 Å². The third-order valence-electron chi connectivity index (χ3n) is 3.62. The summed E-state index contributed by atoms with van der Waals surface area (Å²) in [7, 11) is 0. The molecule has 2 N–H and O–H groups in total. The van der Waals surface area contributed by atoms with Crippen molar-refractivity contribution in [1.82, 2.24) is 25.7 Å². The van der Waals surface area contributed by atoms with Crippen molar-refractivity contribution in [1.29, 1.82) is 0 Å². The van der Waals surface area contributed by atoms with Gasteiger partial charge in [0.2, 0.25) is 4.77 Å². The summed E-state index contributed by atoms with van der Waals surface area (Å²) in [6.07, 6.45) is 9.04. The van der Waals surface area contributed by atoms with Crippen LogP contribution in [0.15, 0.2) is 24.3 Å². The summed E-state index contributed by atoms with van der Waals surface area (Å²) in [6, 6.07) is 7.60. The maximum Gasteiger partial charge on any atom is 0.242 e. The summed E-state index contributed by atoms with van der Waals surface area (Å²) in [5, 5.41) is 10.2. The lowest BCUT2D eigenvalue weighted by Gasteiger charge is -2.08. The lowest BCUT2D eigenvalue weighted by molar-refractivity contribution is 0.193. The van der Waals surface area contributed by atoms with Crippen LogP contribution in [0.3, 0.4) is 0 Å². The van der Waals surface area contributed by atoms with Crippen LogP contribution in [0.5, 0.6) is 5.75 Å². The smallest absolute Gasteiger partial charge is 0.242 e. The number of nitrogens with one attached hydrogen (secondary N) is 2. The Morgan fingerprint density at radius 3 is 2.70 bits per heavy atom. The molecule has 1 heterocycles. The third-order valence-corrected chi connectivity index (χ3v) is 3.88. The van der Waals surface area contributed by atoms with Gasteiger partial charge in [-0.25, -0.2) is 4.68 Å². The Balaban J connectivity index is 1.67. The lowest BCUT2D eigenvalue weighted by atomic mass is 10.1. The number of benzene rings is 1. The number of unbranched alkanes of at least 4 members (excludes halogenated alkanes) is 6. The quantitative estimate of drug-likeness (QED) is 0.369. The molecule has 0 amide bonds. The fourth-order valence-electron chi connectivity index (χ4n) is 2.34. The van der Waals surface area contributed by atoms with E-state index in [0.717, 1.165) is 24.4 Å². The second kappa shape index (κ2) is 10.1. The number of hydrogen-bond acceptors (Lipinski definition) is 5. The van der Waals surface area contributed by atoms with E-state index in [9.17, 15) is 0 Å². The molecule has 23 heavy (non-hydrogen) atoms. The van der Waals surface area contributed by atoms with Gasteiger partial charge >= 0.3 is 0 Å². The Kier molecular flexibility index (Phi) is 7.75. The van der Waals surface area contributed by atoms with Crippen LogP contribution < -0.4 is 10.3 Å². The van der Waals surface area contributed by atoms with Gasteiger partial charge in [-0.1, -0.05) is 61.8 Å². The fraction of sp³-hybridized carbons (Fsp3) is 0.562. The Morgan fingerprint density at radius 2 is 1.96 bits per heavy atom. The highest BCUT2D eigenvalue weighted by molar-refractivity contribution is 7.71. The summed E-state index contributed by atoms with van der Waals surface area (Å²) in [6.45, 7) is 3.09. The minimum Gasteiger partial charge on any atom is -0.409 e. The zero-order valence-electron chi connectivity index (χ0n) is 13.6. The summed E-state index contributed by atoms with van der Waals surface area (Å²) >= 11 is 5.09. The molecule has 0 bridgehead atoms. The Hall–Kier alpha value is -1.73. The third kappa shape index (κ3) is 6.11. The van der Waals surface area contributed by atoms with Crippen molar-refractivity contribution in [2.45, 2.75) is 51.9 Å². The first-order valence-corrected chi connectivity index (χ1v) is 8.72. The number of aromatic amines is 1. The van der Waals surface area contributed by atoms with E-state index in [0.29, 0.717) is 4.77 Å². The largest absolute Gasteiger partial charge is 0.409 e. The molecular weight excluding hydrogens is 310 g/mol. The van der Waals surface area contributed by atoms with E-state index in [1.807, 2.05) is 24.3 Å². The molecule has 1 aromatic heterocycles. The molecule has 2 rings (SSSR count). The molecule has 6 nitrogen and oxygen atoms in total. The van der Waals surface area contributed by atoms with E-state index in [4.69, 9.17) is 17.1 Å². The van der Waals surface area contributed by atoms with Crippen LogP contribution in [0, 0.1) is 4.77 Å². The van der Waals surface area contributed by atoms with Crippen LogP contribution >= 0.6 is 12.2 Å². The van der Waals surface area contributed by atoms with Crippen LogP contribution in [-0.4, -0.2) is 26.8 Å². The maximum absolute atomic E-state index is 5.58. The summed E-state index contributed by atoms with van der Waals surface area (Å²) in [4.78, 5) is 5.58. The van der Waals surface area contributed by atoms with Gasteiger partial charge in [-0.2, -0.15) is 10.7 Å². The SMILES string of the molecule is CCCCCCCCCNOc1cccc(-n2[nH]nnc2=S)c1. The van der Waals surface area contributed by atoms with E-state index in [1.165, 1.54) is 38.5 Å². The van der Waals surface area contributed by atoms with Crippen molar-refractivity contribution in [3.63, 3.8) is 0 Å². The van der Waals surface area contributed by atoms with Crippen LogP contribution in [0.2, 0.25) is 0 Å². The first kappa shape index (κ1) is 17.6. The molecule has 2 aromatic rings. The molecule has 0 aliphatic carbocycles. The van der Waals surface area contributed by atoms with Crippen molar-refractivity contribution >= 4 is 12.2 Å². The normalized spacial score (nSPS) is 10.8. The Labute approximate surface area is 142 Å². The number of aromatic nitrogens is 4. The Morgan fingerprint density at radius 1 is 1.17 bits per heavy atom. The van der Waals surface area contributed by atoms with Gasteiger partial charge in [0.05, 0.1) is 5.69 Å². The molecule has 1 aromatic carbocycles. The number of rotatable bonds is 11. The maximum atomic E-state index is 5.58. The summed E-state index contributed by atoms with van der Waals surface area (Å²) in [5.74, 6) is 0.738. The molecule has 7 heteroatoms. The zero-order valence-corrected chi connectivity index (χ0v) is 14.4. The molecule has 0 fully saturated rings. The van der Waals surface area contributed by atoms with Gasteiger partial charge in [-0.05, 0) is 30.8 Å². The first-order chi connectivity index (χ1) is 11.3. The second-order valence-corrected chi connectivity index (χ2v) is 5.90. The van der Waals surface area contributed by atoms with Crippen LogP contribution in [0.1, 0.15) is 51.9 Å². The van der Waals surface area contributed by atoms with E-state index < -0.39 is 0 Å². The van der Waals surface area contributed by atoms with Gasteiger partial charge in [0.1, 0.15) is 5.75 Å². The number of nitrogens with zero attached hydrogens (tertiary/aromatic N) is 3. The van der Waals surface area contributed by atoms with Gasteiger partial charge in [-0.15, -0.1) is 0 Å². The monoisotopic (exact) mass is 335 g/mol. The van der Waals surface area contributed by atoms with Crippen LogP contribution in [0.4, 0.5) is 0 Å². The number of hydrogen-bond donors (Lipinski definition) is 2. The topological polar surface area (TPSA) is 67.8 Å². The minimum atomic E-state index is 0.387. The molecule has 0 aliphatic heterocycles. The molecule has 0 unspecified atom stereocenters. The fourth-order valence-corrected chi connectivity index (χ4v) is 2.53. The predicted molar refractivity (Wildman–Crippen MR) is 93.2 cm³/mol. The van der Waals surface area contributed by atoms with Crippen molar-refractivity contribution in [3.8, 4) is 11.4 Å². The van der Waals surface area contributed by atoms with Crippen molar-refractivity contribution in [3.05, 3.63) is 29.0 Å². The van der Waals surface area contributed by atoms with Crippen molar-refractivity contribution in [2.75, 3.05) is 6.54 Å². The van der Waals surface area contributed by atoms with Gasteiger partial charge in [0.25, 0.3) is 0 Å². The predicted octanol–water partition coefficient (Wildman–Crippen LogP) is 3.96. The molecule has 0 aliphatic rings. The number of tetrazole rings is 1. The second-order valence-electron chi connectivity index (χ2n) is 5.53. The molecule has 0 saturated heterocycles. The van der Waals surface area contributed by atoms with E-state index in [2.05, 4.69) is 27.9 Å². The Bertz CT molecular complexity index is 625. The number of H-pyrrole nitrogens is 1. The molecule has 0 radical (unpaired) electrons. The van der Waals surface area contributed by atoms with Crippen LogP contribution in [-0.2, 0) is 0 Å². The highest BCUT2D eigenvalue weighted by Gasteiger charge is 2.02. The van der Waals surface area contributed by atoms with E-state index in [-0.39, 0.29) is 0 Å². The molecule has 0 spiro atoms. The molecule has 0 saturated carbocycles. The molecule has 0 atom stereocenters. The van der Waals surface area contributed by atoms with Crippen molar-refractivity contribution in [2.24, 2.45) is 0 Å². The summed E-state index contributed by atoms with van der Waals surface area (Å²) in [5.41, 5.74) is 3.86. The van der Waals surface area contributed by atoms with Gasteiger partial charge in [-0.3, -0.25) is 0 Å². The molecule has 126 valence electrons. The van der Waals surface area contributed by atoms with Crippen molar-refractivity contribution < 1.29 is 4.84 Å². The highest BCUT2D eigenvalue weighted by Crippen LogP contribution is 2.15. The zero-order chi connectivity index (χ0) is 16.3. The lowest BCUT2D eigenvalue weighted by Crippen LogP contribution is -2.19. The number of hydroxylamine groups is 1. The van der Waals surface area contributed by atoms with Gasteiger partial charge in [0, 0.05) is 12.6 Å².